The first-order valence-electron chi connectivity index (χ1n) is 6.81. The zero-order chi connectivity index (χ0) is 13.9. The molecule has 1 aliphatic rings. The van der Waals surface area contributed by atoms with Gasteiger partial charge in [0, 0.05) is 17.2 Å². The summed E-state index contributed by atoms with van der Waals surface area (Å²) >= 11 is 6.15. The van der Waals surface area contributed by atoms with E-state index in [1.807, 2.05) is 18.2 Å². The Hall–Kier alpha value is -0.770. The van der Waals surface area contributed by atoms with Gasteiger partial charge in [-0.05, 0) is 44.5 Å². The van der Waals surface area contributed by atoms with Crippen LogP contribution < -0.4 is 10.1 Å². The third-order valence-corrected chi connectivity index (χ3v) is 4.01. The molecule has 0 radical (unpaired) electrons. The molecular formula is C15H22ClNO2. The molecule has 0 aromatic heterocycles. The van der Waals surface area contributed by atoms with Crippen LogP contribution in [0.25, 0.3) is 0 Å². The van der Waals surface area contributed by atoms with Gasteiger partial charge in [-0.15, -0.1) is 0 Å². The number of halogens is 1. The smallest absolute Gasteiger partial charge is 0.123 e. The van der Waals surface area contributed by atoms with Gasteiger partial charge in [-0.25, -0.2) is 0 Å². The van der Waals surface area contributed by atoms with E-state index in [0.29, 0.717) is 0 Å². The zero-order valence-electron chi connectivity index (χ0n) is 11.8. The van der Waals surface area contributed by atoms with Crippen LogP contribution in [-0.4, -0.2) is 25.9 Å². The second-order valence-corrected chi connectivity index (χ2v) is 5.58. The number of methoxy groups -OCH3 is 1. The number of rotatable bonds is 5. The number of nitrogens with one attached hydrogen (secondary N) is 1. The van der Waals surface area contributed by atoms with Crippen molar-refractivity contribution >= 4 is 11.6 Å². The first-order chi connectivity index (χ1) is 9.10. The maximum Gasteiger partial charge on any atom is 0.123 e. The van der Waals surface area contributed by atoms with Crippen LogP contribution in [0.4, 0.5) is 0 Å². The van der Waals surface area contributed by atoms with Gasteiger partial charge >= 0.3 is 0 Å². The summed E-state index contributed by atoms with van der Waals surface area (Å²) in [6.45, 7) is 5.95. The van der Waals surface area contributed by atoms with Gasteiger partial charge in [-0.3, -0.25) is 0 Å². The van der Waals surface area contributed by atoms with Crippen LogP contribution in [0.5, 0.6) is 5.75 Å². The predicted octanol–water partition coefficient (Wildman–Crippen LogP) is 3.57. The summed E-state index contributed by atoms with van der Waals surface area (Å²) in [5.41, 5.74) is 0.870. The van der Waals surface area contributed by atoms with Crippen LogP contribution in [0.15, 0.2) is 18.2 Å². The van der Waals surface area contributed by atoms with Crippen LogP contribution in [0.2, 0.25) is 5.02 Å². The van der Waals surface area contributed by atoms with Crippen molar-refractivity contribution in [2.75, 3.05) is 20.3 Å². The highest BCUT2D eigenvalue weighted by atomic mass is 35.5. The second kappa shape index (κ2) is 6.12. The molecule has 1 aliphatic heterocycles. The molecule has 0 bridgehead atoms. The molecule has 2 rings (SSSR count). The van der Waals surface area contributed by atoms with E-state index in [1.54, 1.807) is 7.11 Å². The fourth-order valence-electron chi connectivity index (χ4n) is 2.82. The number of hydrogen-bond acceptors (Lipinski definition) is 3. The Morgan fingerprint density at radius 3 is 2.89 bits per heavy atom. The molecule has 0 aliphatic carbocycles. The minimum Gasteiger partial charge on any atom is -0.496 e. The highest BCUT2D eigenvalue weighted by Crippen LogP contribution is 2.41. The van der Waals surface area contributed by atoms with Crippen molar-refractivity contribution in [2.24, 2.45) is 0 Å². The predicted molar refractivity (Wildman–Crippen MR) is 78.0 cm³/mol. The average molecular weight is 284 g/mol. The largest absolute Gasteiger partial charge is 0.496 e. The van der Waals surface area contributed by atoms with Crippen LogP contribution in [0.3, 0.4) is 0 Å². The van der Waals surface area contributed by atoms with Gasteiger partial charge in [0.2, 0.25) is 0 Å². The van der Waals surface area contributed by atoms with E-state index in [9.17, 15) is 0 Å². The molecule has 3 nitrogen and oxygen atoms in total. The van der Waals surface area contributed by atoms with Crippen LogP contribution in [0, 0.1) is 0 Å². The van der Waals surface area contributed by atoms with E-state index in [1.165, 1.54) is 0 Å². The SMILES string of the molecule is CCNC(c1cc(Cl)ccc1OC)C1(C)CCCO1. The monoisotopic (exact) mass is 283 g/mol. The van der Waals surface area contributed by atoms with Gasteiger partial charge < -0.3 is 14.8 Å². The lowest BCUT2D eigenvalue weighted by Gasteiger charge is -2.35. The maximum atomic E-state index is 6.15. The molecule has 1 fully saturated rings. The van der Waals surface area contributed by atoms with E-state index in [-0.39, 0.29) is 11.6 Å². The molecule has 1 aromatic carbocycles. The van der Waals surface area contributed by atoms with Crippen molar-refractivity contribution in [2.45, 2.75) is 38.3 Å². The molecule has 1 aromatic rings. The van der Waals surface area contributed by atoms with Gasteiger partial charge in [0.15, 0.2) is 0 Å². The lowest BCUT2D eigenvalue weighted by Crippen LogP contribution is -2.41. The minimum absolute atomic E-state index is 0.0913. The maximum absolute atomic E-state index is 6.15. The fraction of sp³-hybridized carbons (Fsp3) is 0.600. The topological polar surface area (TPSA) is 30.5 Å². The third-order valence-electron chi connectivity index (χ3n) is 3.77. The molecule has 1 N–H and O–H groups in total. The molecule has 2 atom stereocenters. The summed E-state index contributed by atoms with van der Waals surface area (Å²) in [7, 11) is 1.69. The minimum atomic E-state index is -0.200. The van der Waals surface area contributed by atoms with Gasteiger partial charge in [0.25, 0.3) is 0 Å². The molecule has 106 valence electrons. The van der Waals surface area contributed by atoms with Gasteiger partial charge in [0.1, 0.15) is 5.75 Å². The highest BCUT2D eigenvalue weighted by Gasteiger charge is 2.40. The van der Waals surface area contributed by atoms with Crippen LogP contribution >= 0.6 is 11.6 Å². The van der Waals surface area contributed by atoms with E-state index in [4.69, 9.17) is 21.1 Å². The molecule has 0 amide bonds. The van der Waals surface area contributed by atoms with Crippen molar-refractivity contribution in [3.8, 4) is 5.75 Å². The Morgan fingerprint density at radius 1 is 1.53 bits per heavy atom. The molecule has 0 spiro atoms. The normalized spacial score (nSPS) is 24.4. The summed E-state index contributed by atoms with van der Waals surface area (Å²) in [6.07, 6.45) is 2.14. The van der Waals surface area contributed by atoms with E-state index >= 15 is 0 Å². The van der Waals surface area contributed by atoms with Crippen LogP contribution in [-0.2, 0) is 4.74 Å². The molecule has 1 saturated heterocycles. The molecule has 4 heteroatoms. The van der Waals surface area contributed by atoms with Crippen molar-refractivity contribution in [1.82, 2.24) is 5.32 Å². The lowest BCUT2D eigenvalue weighted by atomic mass is 9.87. The lowest BCUT2D eigenvalue weighted by molar-refractivity contribution is -0.0126. The molecule has 19 heavy (non-hydrogen) atoms. The number of hydrogen-bond donors (Lipinski definition) is 1. The molecule has 0 saturated carbocycles. The van der Waals surface area contributed by atoms with Crippen molar-refractivity contribution < 1.29 is 9.47 Å². The molecule has 2 unspecified atom stereocenters. The van der Waals surface area contributed by atoms with Crippen LogP contribution in [0.1, 0.15) is 38.3 Å². The summed E-state index contributed by atoms with van der Waals surface area (Å²) < 4.78 is 11.5. The quantitative estimate of drug-likeness (QED) is 0.896. The summed E-state index contributed by atoms with van der Waals surface area (Å²) in [5.74, 6) is 0.854. The Balaban J connectivity index is 2.40. The highest BCUT2D eigenvalue weighted by molar-refractivity contribution is 6.30. The second-order valence-electron chi connectivity index (χ2n) is 5.14. The zero-order valence-corrected chi connectivity index (χ0v) is 12.6. The van der Waals surface area contributed by atoms with Gasteiger partial charge in [-0.2, -0.15) is 0 Å². The van der Waals surface area contributed by atoms with Crippen molar-refractivity contribution in [3.63, 3.8) is 0 Å². The van der Waals surface area contributed by atoms with Gasteiger partial charge in [-0.1, -0.05) is 18.5 Å². The number of benzene rings is 1. The number of likely N-dealkylation sites (N-methyl/N-ethyl adjacent to an activating group) is 1. The summed E-state index contributed by atoms with van der Waals surface area (Å²) in [4.78, 5) is 0. The first kappa shape index (κ1) is 14.6. The summed E-state index contributed by atoms with van der Waals surface area (Å²) in [5, 5.41) is 4.24. The molecule has 1 heterocycles. The van der Waals surface area contributed by atoms with Crippen molar-refractivity contribution in [3.05, 3.63) is 28.8 Å². The van der Waals surface area contributed by atoms with E-state index in [2.05, 4.69) is 19.2 Å². The van der Waals surface area contributed by atoms with E-state index < -0.39 is 0 Å². The Bertz CT molecular complexity index is 430. The molecular weight excluding hydrogens is 262 g/mol. The third kappa shape index (κ3) is 3.04. The van der Waals surface area contributed by atoms with Gasteiger partial charge in [0.05, 0.1) is 18.8 Å². The number of ether oxygens (including phenoxy) is 2. The standard InChI is InChI=1S/C15H22ClNO2/c1-4-17-14(15(2)8-5-9-19-15)12-10-11(16)6-7-13(12)18-3/h6-7,10,14,17H,4-5,8-9H2,1-3H3. The van der Waals surface area contributed by atoms with E-state index in [0.717, 1.165) is 42.3 Å². The average Bonchev–Trinajstić information content (AvgIpc) is 2.83. The fourth-order valence-corrected chi connectivity index (χ4v) is 3.00. The Labute approximate surface area is 120 Å². The Kier molecular flexibility index (Phi) is 4.71. The Morgan fingerprint density at radius 2 is 2.32 bits per heavy atom. The van der Waals surface area contributed by atoms with Crippen molar-refractivity contribution in [1.29, 1.82) is 0 Å². The summed E-state index contributed by atoms with van der Waals surface area (Å²) in [6, 6.07) is 5.83. The first-order valence-corrected chi connectivity index (χ1v) is 7.19.